The Labute approximate surface area is 127 Å². The van der Waals surface area contributed by atoms with Crippen LogP contribution in [0.4, 0.5) is 13.2 Å². The van der Waals surface area contributed by atoms with Crippen LogP contribution in [0.3, 0.4) is 0 Å². The molecule has 1 atom stereocenters. The van der Waals surface area contributed by atoms with Gasteiger partial charge in [-0.3, -0.25) is 4.90 Å². The molecule has 0 saturated carbocycles. The number of nitriles is 1. The van der Waals surface area contributed by atoms with Gasteiger partial charge in [0.15, 0.2) is 11.6 Å². The first kappa shape index (κ1) is 16.1. The van der Waals surface area contributed by atoms with Gasteiger partial charge in [-0.25, -0.2) is 13.2 Å². The van der Waals surface area contributed by atoms with E-state index in [0.717, 1.165) is 12.1 Å². The molecule has 0 aliphatic carbocycles. The molecule has 2 aromatic rings. The molecule has 2 nitrogen and oxygen atoms in total. The van der Waals surface area contributed by atoms with E-state index >= 15 is 0 Å². The van der Waals surface area contributed by atoms with E-state index in [0.29, 0.717) is 16.7 Å². The van der Waals surface area contributed by atoms with Crippen LogP contribution in [0.15, 0.2) is 36.4 Å². The molecular weight excluding hydrogens is 289 g/mol. The van der Waals surface area contributed by atoms with E-state index in [1.54, 1.807) is 11.9 Å². The van der Waals surface area contributed by atoms with Crippen LogP contribution in [0.25, 0.3) is 0 Å². The van der Waals surface area contributed by atoms with E-state index in [9.17, 15) is 13.2 Å². The highest BCUT2D eigenvalue weighted by Gasteiger charge is 2.16. The lowest BCUT2D eigenvalue weighted by atomic mass is 10.1. The molecule has 22 heavy (non-hydrogen) atoms. The molecule has 5 heteroatoms. The second kappa shape index (κ2) is 6.63. The molecule has 114 valence electrons. The van der Waals surface area contributed by atoms with Crippen molar-refractivity contribution in [3.05, 3.63) is 70.5 Å². The topological polar surface area (TPSA) is 27.0 Å². The lowest BCUT2D eigenvalue weighted by molar-refractivity contribution is 0.249. The summed E-state index contributed by atoms with van der Waals surface area (Å²) < 4.78 is 40.1. The molecule has 1 unspecified atom stereocenters. The lowest BCUT2D eigenvalue weighted by Crippen LogP contribution is -2.22. The van der Waals surface area contributed by atoms with Crippen molar-refractivity contribution >= 4 is 0 Å². The normalized spacial score (nSPS) is 12.2. The van der Waals surface area contributed by atoms with Gasteiger partial charge in [0.05, 0.1) is 11.6 Å². The molecule has 0 radical (unpaired) electrons. The molecule has 2 aromatic carbocycles. The minimum Gasteiger partial charge on any atom is -0.295 e. The predicted octanol–water partition coefficient (Wildman–Crippen LogP) is 4.17. The predicted molar refractivity (Wildman–Crippen MR) is 77.4 cm³/mol. The van der Waals surface area contributed by atoms with Gasteiger partial charge < -0.3 is 0 Å². The molecular formula is C17H15F3N2. The average Bonchev–Trinajstić information content (AvgIpc) is 2.51. The second-order valence-corrected chi connectivity index (χ2v) is 5.18. The van der Waals surface area contributed by atoms with Crippen LogP contribution < -0.4 is 0 Å². The van der Waals surface area contributed by atoms with E-state index in [1.807, 2.05) is 13.0 Å². The van der Waals surface area contributed by atoms with Gasteiger partial charge in [0, 0.05) is 18.2 Å². The summed E-state index contributed by atoms with van der Waals surface area (Å²) in [5.74, 6) is -2.20. The molecule has 0 aliphatic heterocycles. The number of hydrogen-bond donors (Lipinski definition) is 0. The fourth-order valence-corrected chi connectivity index (χ4v) is 2.20. The number of hydrogen-bond acceptors (Lipinski definition) is 2. The highest BCUT2D eigenvalue weighted by Crippen LogP contribution is 2.23. The molecule has 0 aromatic heterocycles. The van der Waals surface area contributed by atoms with Crippen LogP contribution in [-0.2, 0) is 6.54 Å². The van der Waals surface area contributed by atoms with Crippen LogP contribution in [0.5, 0.6) is 0 Å². The maximum atomic E-state index is 13.8. The fraction of sp³-hybridized carbons (Fsp3) is 0.235. The van der Waals surface area contributed by atoms with Crippen LogP contribution in [0.1, 0.15) is 29.7 Å². The summed E-state index contributed by atoms with van der Waals surface area (Å²) in [4.78, 5) is 1.80. The van der Waals surface area contributed by atoms with Crippen molar-refractivity contribution in [3.8, 4) is 6.07 Å². The minimum atomic E-state index is -0.907. The molecule has 0 fully saturated rings. The molecule has 0 amide bonds. The molecule has 0 spiro atoms. The molecule has 0 heterocycles. The number of nitrogens with zero attached hydrogens (tertiary/aromatic N) is 2. The monoisotopic (exact) mass is 304 g/mol. The zero-order chi connectivity index (χ0) is 16.3. The van der Waals surface area contributed by atoms with E-state index in [1.165, 1.54) is 24.3 Å². The van der Waals surface area contributed by atoms with Crippen LogP contribution in [-0.4, -0.2) is 11.9 Å². The first-order chi connectivity index (χ1) is 10.4. The summed E-state index contributed by atoms with van der Waals surface area (Å²) in [5, 5.41) is 8.87. The molecule has 2 rings (SSSR count). The summed E-state index contributed by atoms with van der Waals surface area (Å²) in [5.41, 5.74) is 1.36. The van der Waals surface area contributed by atoms with Crippen molar-refractivity contribution in [2.45, 2.75) is 19.5 Å². The quantitative estimate of drug-likeness (QED) is 0.847. The number of rotatable bonds is 4. The summed E-state index contributed by atoms with van der Waals surface area (Å²) in [7, 11) is 1.75. The Hall–Kier alpha value is -2.32. The maximum absolute atomic E-state index is 13.8. The summed E-state index contributed by atoms with van der Waals surface area (Å²) in [6.07, 6.45) is 0. The standard InChI is InChI=1S/C17H15F3N2/c1-11(13-4-6-16(19)17(20)8-13)22(2)10-14-7-12(9-21)3-5-15(14)18/h3-8,11H,10H2,1-2H3. The van der Waals surface area contributed by atoms with E-state index in [2.05, 4.69) is 0 Å². The highest BCUT2D eigenvalue weighted by molar-refractivity contribution is 5.34. The Kier molecular flexibility index (Phi) is 4.84. The minimum absolute atomic E-state index is 0.236. The Morgan fingerprint density at radius 3 is 2.36 bits per heavy atom. The summed E-state index contributed by atoms with van der Waals surface area (Å²) in [6.45, 7) is 2.07. The Bertz CT molecular complexity index is 722. The molecule has 0 N–H and O–H groups in total. The first-order valence-electron chi connectivity index (χ1n) is 6.76. The Morgan fingerprint density at radius 2 is 1.73 bits per heavy atom. The van der Waals surface area contributed by atoms with Gasteiger partial charge in [-0.1, -0.05) is 6.07 Å². The van der Waals surface area contributed by atoms with Crippen molar-refractivity contribution in [3.63, 3.8) is 0 Å². The molecule has 0 bridgehead atoms. The third kappa shape index (κ3) is 3.46. The van der Waals surface area contributed by atoms with Gasteiger partial charge in [-0.15, -0.1) is 0 Å². The third-order valence-electron chi connectivity index (χ3n) is 3.68. The number of benzene rings is 2. The second-order valence-electron chi connectivity index (χ2n) is 5.18. The van der Waals surface area contributed by atoms with Gasteiger partial charge in [0.1, 0.15) is 5.82 Å². The lowest BCUT2D eigenvalue weighted by Gasteiger charge is -2.25. The van der Waals surface area contributed by atoms with Crippen molar-refractivity contribution in [1.82, 2.24) is 4.90 Å². The van der Waals surface area contributed by atoms with Crippen LogP contribution in [0, 0.1) is 28.8 Å². The largest absolute Gasteiger partial charge is 0.295 e. The van der Waals surface area contributed by atoms with Gasteiger partial charge in [-0.2, -0.15) is 5.26 Å². The molecule has 0 aliphatic rings. The summed E-state index contributed by atoms with van der Waals surface area (Å²) in [6, 6.07) is 9.60. The van der Waals surface area contributed by atoms with E-state index in [-0.39, 0.29) is 12.6 Å². The highest BCUT2D eigenvalue weighted by atomic mass is 19.2. The Morgan fingerprint density at radius 1 is 1.05 bits per heavy atom. The average molecular weight is 304 g/mol. The zero-order valence-electron chi connectivity index (χ0n) is 12.3. The maximum Gasteiger partial charge on any atom is 0.159 e. The smallest absolute Gasteiger partial charge is 0.159 e. The fourth-order valence-electron chi connectivity index (χ4n) is 2.20. The third-order valence-corrected chi connectivity index (χ3v) is 3.68. The van der Waals surface area contributed by atoms with Gasteiger partial charge in [0.2, 0.25) is 0 Å². The van der Waals surface area contributed by atoms with Crippen molar-refractivity contribution in [2.75, 3.05) is 7.05 Å². The van der Waals surface area contributed by atoms with Crippen LogP contribution >= 0.6 is 0 Å². The number of halogens is 3. The van der Waals surface area contributed by atoms with Gasteiger partial charge in [0.25, 0.3) is 0 Å². The first-order valence-corrected chi connectivity index (χ1v) is 6.76. The van der Waals surface area contributed by atoms with Crippen LogP contribution in [0.2, 0.25) is 0 Å². The Balaban J connectivity index is 2.19. The van der Waals surface area contributed by atoms with Gasteiger partial charge in [-0.05, 0) is 49.9 Å². The van der Waals surface area contributed by atoms with Crippen molar-refractivity contribution in [2.24, 2.45) is 0 Å². The SMILES string of the molecule is CC(c1ccc(F)c(F)c1)N(C)Cc1cc(C#N)ccc1F. The van der Waals surface area contributed by atoms with Crippen molar-refractivity contribution in [1.29, 1.82) is 5.26 Å². The van der Waals surface area contributed by atoms with E-state index < -0.39 is 17.5 Å². The van der Waals surface area contributed by atoms with Gasteiger partial charge >= 0.3 is 0 Å². The summed E-state index contributed by atoms with van der Waals surface area (Å²) >= 11 is 0. The van der Waals surface area contributed by atoms with Crippen molar-refractivity contribution < 1.29 is 13.2 Å². The van der Waals surface area contributed by atoms with E-state index in [4.69, 9.17) is 5.26 Å². The zero-order valence-corrected chi connectivity index (χ0v) is 12.3. The molecule has 0 saturated heterocycles.